The highest BCUT2D eigenvalue weighted by atomic mass is 16.4. The summed E-state index contributed by atoms with van der Waals surface area (Å²) < 4.78 is 0. The topological polar surface area (TPSA) is 88.2 Å². The van der Waals surface area contributed by atoms with E-state index >= 15 is 0 Å². The van der Waals surface area contributed by atoms with Gasteiger partial charge in [0.1, 0.15) is 0 Å². The second-order valence-corrected chi connectivity index (χ2v) is 4.27. The third kappa shape index (κ3) is 3.01. The molecular formula is C14H15N3O2. The maximum atomic E-state index is 11.1. The smallest absolute Gasteiger partial charge is 0.337 e. The SMILES string of the molecule is Cc1ccncc1CNc1cc(N)ccc1C(=O)O. The summed E-state index contributed by atoms with van der Waals surface area (Å²) in [5, 5.41) is 12.2. The van der Waals surface area contributed by atoms with Crippen LogP contribution in [0.25, 0.3) is 0 Å². The first kappa shape index (κ1) is 12.9. The molecule has 0 unspecified atom stereocenters. The molecule has 0 amide bonds. The number of nitrogens with zero attached hydrogens (tertiary/aromatic N) is 1. The average Bonchev–Trinajstić information content (AvgIpc) is 2.37. The van der Waals surface area contributed by atoms with Crippen molar-refractivity contribution < 1.29 is 9.90 Å². The van der Waals surface area contributed by atoms with Crippen molar-refractivity contribution in [1.29, 1.82) is 0 Å². The summed E-state index contributed by atoms with van der Waals surface area (Å²) in [5.41, 5.74) is 9.03. The molecule has 4 N–H and O–H groups in total. The molecule has 1 heterocycles. The number of carbonyl (C=O) groups is 1. The molecule has 1 aromatic carbocycles. The summed E-state index contributed by atoms with van der Waals surface area (Å²) in [4.78, 5) is 15.2. The van der Waals surface area contributed by atoms with Crippen LogP contribution in [0.4, 0.5) is 11.4 Å². The number of nitrogen functional groups attached to an aromatic ring is 1. The third-order valence-corrected chi connectivity index (χ3v) is 2.89. The highest BCUT2D eigenvalue weighted by molar-refractivity contribution is 5.95. The van der Waals surface area contributed by atoms with E-state index in [4.69, 9.17) is 10.8 Å². The molecule has 0 spiro atoms. The van der Waals surface area contributed by atoms with Crippen molar-refractivity contribution in [3.63, 3.8) is 0 Å². The summed E-state index contributed by atoms with van der Waals surface area (Å²) >= 11 is 0. The average molecular weight is 257 g/mol. The molecule has 0 saturated carbocycles. The Morgan fingerprint density at radius 3 is 2.89 bits per heavy atom. The second-order valence-electron chi connectivity index (χ2n) is 4.27. The van der Waals surface area contributed by atoms with Gasteiger partial charge in [0.2, 0.25) is 0 Å². The van der Waals surface area contributed by atoms with E-state index in [1.54, 1.807) is 24.5 Å². The minimum atomic E-state index is -0.981. The van der Waals surface area contributed by atoms with Crippen molar-refractivity contribution in [1.82, 2.24) is 4.98 Å². The number of nitrogens with one attached hydrogen (secondary N) is 1. The van der Waals surface area contributed by atoms with Crippen LogP contribution < -0.4 is 11.1 Å². The van der Waals surface area contributed by atoms with Gasteiger partial charge in [-0.3, -0.25) is 4.98 Å². The van der Waals surface area contributed by atoms with Crippen LogP contribution in [0.5, 0.6) is 0 Å². The number of rotatable bonds is 4. The van der Waals surface area contributed by atoms with Crippen molar-refractivity contribution >= 4 is 17.3 Å². The highest BCUT2D eigenvalue weighted by Gasteiger charge is 2.10. The second kappa shape index (κ2) is 5.39. The quantitative estimate of drug-likeness (QED) is 0.731. The Balaban J connectivity index is 2.22. The summed E-state index contributed by atoms with van der Waals surface area (Å²) in [7, 11) is 0. The van der Waals surface area contributed by atoms with E-state index in [9.17, 15) is 4.79 Å². The molecule has 0 bridgehead atoms. The Labute approximate surface area is 111 Å². The van der Waals surface area contributed by atoms with Crippen molar-refractivity contribution in [3.8, 4) is 0 Å². The lowest BCUT2D eigenvalue weighted by Gasteiger charge is -2.11. The van der Waals surface area contributed by atoms with E-state index in [-0.39, 0.29) is 5.56 Å². The van der Waals surface area contributed by atoms with Crippen LogP contribution in [0.15, 0.2) is 36.7 Å². The van der Waals surface area contributed by atoms with Gasteiger partial charge in [0.05, 0.1) is 11.3 Å². The fraction of sp³-hybridized carbons (Fsp3) is 0.143. The number of benzene rings is 1. The Kier molecular flexibility index (Phi) is 3.66. The minimum absolute atomic E-state index is 0.204. The summed E-state index contributed by atoms with van der Waals surface area (Å²) in [5.74, 6) is -0.981. The lowest BCUT2D eigenvalue weighted by molar-refractivity contribution is 0.0698. The van der Waals surface area contributed by atoms with Crippen LogP contribution in [0.3, 0.4) is 0 Å². The predicted molar refractivity (Wildman–Crippen MR) is 74.1 cm³/mol. The number of pyridine rings is 1. The molecule has 0 fully saturated rings. The van der Waals surface area contributed by atoms with Crippen LogP contribution in [0.2, 0.25) is 0 Å². The van der Waals surface area contributed by atoms with Crippen molar-refractivity contribution in [2.45, 2.75) is 13.5 Å². The normalized spacial score (nSPS) is 10.2. The Bertz CT molecular complexity index is 611. The van der Waals surface area contributed by atoms with Crippen molar-refractivity contribution in [2.75, 3.05) is 11.1 Å². The van der Waals surface area contributed by atoms with Gasteiger partial charge in [-0.25, -0.2) is 4.79 Å². The molecule has 5 heteroatoms. The molecule has 0 radical (unpaired) electrons. The third-order valence-electron chi connectivity index (χ3n) is 2.89. The molecule has 1 aromatic heterocycles. The molecule has 0 atom stereocenters. The first-order valence-corrected chi connectivity index (χ1v) is 5.84. The lowest BCUT2D eigenvalue weighted by Crippen LogP contribution is -2.08. The molecule has 19 heavy (non-hydrogen) atoms. The zero-order valence-electron chi connectivity index (χ0n) is 10.6. The van der Waals surface area contributed by atoms with Gasteiger partial charge >= 0.3 is 5.97 Å². The number of aryl methyl sites for hydroxylation is 1. The molecule has 2 rings (SSSR count). The fourth-order valence-electron chi connectivity index (χ4n) is 1.77. The van der Waals surface area contributed by atoms with E-state index in [0.717, 1.165) is 11.1 Å². The summed E-state index contributed by atoms with van der Waals surface area (Å²) in [6.07, 6.45) is 3.48. The monoisotopic (exact) mass is 257 g/mol. The maximum absolute atomic E-state index is 11.1. The van der Waals surface area contributed by atoms with Gasteiger partial charge in [0, 0.05) is 24.6 Å². The van der Waals surface area contributed by atoms with Gasteiger partial charge in [-0.1, -0.05) is 0 Å². The molecule has 2 aromatic rings. The number of carboxylic acid groups (broad SMARTS) is 1. The van der Waals surface area contributed by atoms with E-state index in [1.807, 2.05) is 13.0 Å². The predicted octanol–water partition coefficient (Wildman–Crippen LogP) is 2.28. The minimum Gasteiger partial charge on any atom is -0.478 e. The standard InChI is InChI=1S/C14H15N3O2/c1-9-4-5-16-7-10(9)8-17-13-6-11(15)2-3-12(13)14(18)19/h2-7,17H,8,15H2,1H3,(H,18,19). The number of anilines is 2. The van der Waals surface area contributed by atoms with E-state index < -0.39 is 5.97 Å². The van der Waals surface area contributed by atoms with Gasteiger partial charge < -0.3 is 16.2 Å². The zero-order valence-corrected chi connectivity index (χ0v) is 10.6. The van der Waals surface area contributed by atoms with Gasteiger partial charge in [-0.15, -0.1) is 0 Å². The number of aromatic nitrogens is 1. The highest BCUT2D eigenvalue weighted by Crippen LogP contribution is 2.20. The van der Waals surface area contributed by atoms with Crippen molar-refractivity contribution in [2.24, 2.45) is 0 Å². The first-order valence-electron chi connectivity index (χ1n) is 5.84. The largest absolute Gasteiger partial charge is 0.478 e. The number of nitrogens with two attached hydrogens (primary N) is 1. The number of aromatic carboxylic acids is 1. The van der Waals surface area contributed by atoms with Crippen LogP contribution in [0.1, 0.15) is 21.5 Å². The van der Waals surface area contributed by atoms with Crippen LogP contribution >= 0.6 is 0 Å². The lowest BCUT2D eigenvalue weighted by atomic mass is 10.1. The molecule has 0 aliphatic heterocycles. The number of hydrogen-bond donors (Lipinski definition) is 3. The molecule has 0 aliphatic carbocycles. The molecule has 0 saturated heterocycles. The van der Waals surface area contributed by atoms with E-state index in [0.29, 0.717) is 17.9 Å². The van der Waals surface area contributed by atoms with Crippen LogP contribution in [0, 0.1) is 6.92 Å². The van der Waals surface area contributed by atoms with Gasteiger partial charge in [0.25, 0.3) is 0 Å². The molecule has 98 valence electrons. The number of hydrogen-bond acceptors (Lipinski definition) is 4. The Morgan fingerprint density at radius 1 is 1.42 bits per heavy atom. The van der Waals surface area contributed by atoms with Gasteiger partial charge in [-0.05, 0) is 42.3 Å². The summed E-state index contributed by atoms with van der Waals surface area (Å²) in [6, 6.07) is 6.60. The molecule has 0 aliphatic rings. The number of carboxylic acids is 1. The van der Waals surface area contributed by atoms with Gasteiger partial charge in [-0.2, -0.15) is 0 Å². The Hall–Kier alpha value is -2.56. The van der Waals surface area contributed by atoms with Crippen LogP contribution in [-0.2, 0) is 6.54 Å². The summed E-state index contributed by atoms with van der Waals surface area (Å²) in [6.45, 7) is 2.49. The molecular weight excluding hydrogens is 242 g/mol. The van der Waals surface area contributed by atoms with Crippen LogP contribution in [-0.4, -0.2) is 16.1 Å². The van der Waals surface area contributed by atoms with Crippen molar-refractivity contribution in [3.05, 3.63) is 53.3 Å². The maximum Gasteiger partial charge on any atom is 0.337 e. The molecule has 5 nitrogen and oxygen atoms in total. The van der Waals surface area contributed by atoms with E-state index in [1.165, 1.54) is 6.07 Å². The Morgan fingerprint density at radius 2 is 2.21 bits per heavy atom. The fourth-order valence-corrected chi connectivity index (χ4v) is 1.77. The first-order chi connectivity index (χ1) is 9.08. The zero-order chi connectivity index (χ0) is 13.8. The van der Waals surface area contributed by atoms with Gasteiger partial charge in [0.15, 0.2) is 0 Å². The van der Waals surface area contributed by atoms with E-state index in [2.05, 4.69) is 10.3 Å².